The predicted molar refractivity (Wildman–Crippen MR) is 98.0 cm³/mol. The first-order chi connectivity index (χ1) is 11.1. The lowest BCUT2D eigenvalue weighted by molar-refractivity contribution is -0.116. The maximum absolute atomic E-state index is 12.3. The number of nitrogens with one attached hydrogen (secondary N) is 2. The van der Waals surface area contributed by atoms with Gasteiger partial charge >= 0.3 is 0 Å². The first kappa shape index (κ1) is 18.0. The Morgan fingerprint density at radius 3 is 2.52 bits per heavy atom. The Bertz CT molecular complexity index is 502. The molecule has 0 aromatic heterocycles. The number of carbonyl (C=O) groups excluding carboxylic acids is 1. The van der Waals surface area contributed by atoms with Gasteiger partial charge in [-0.3, -0.25) is 4.79 Å². The quantitative estimate of drug-likeness (QED) is 0.743. The Morgan fingerprint density at radius 1 is 1.17 bits per heavy atom. The van der Waals surface area contributed by atoms with Crippen LogP contribution in [0.25, 0.3) is 0 Å². The molecule has 2 N–H and O–H groups in total. The lowest BCUT2D eigenvalue weighted by atomic mass is 9.98. The average Bonchev–Trinajstić information content (AvgIpc) is 2.78. The van der Waals surface area contributed by atoms with E-state index in [1.165, 1.54) is 44.1 Å². The summed E-state index contributed by atoms with van der Waals surface area (Å²) in [6.07, 6.45) is 8.44. The molecule has 0 bridgehead atoms. The third-order valence-electron chi connectivity index (χ3n) is 4.83. The van der Waals surface area contributed by atoms with Gasteiger partial charge in [-0.25, -0.2) is 0 Å². The molecule has 0 spiro atoms. The van der Waals surface area contributed by atoms with Crippen LogP contribution in [0.5, 0.6) is 0 Å². The second-order valence-electron chi connectivity index (χ2n) is 7.13. The van der Waals surface area contributed by atoms with Crippen LogP contribution in [0.4, 0.5) is 5.69 Å². The Morgan fingerprint density at radius 2 is 1.87 bits per heavy atom. The van der Waals surface area contributed by atoms with Gasteiger partial charge in [0.1, 0.15) is 0 Å². The van der Waals surface area contributed by atoms with E-state index in [-0.39, 0.29) is 5.91 Å². The molecule has 1 aromatic carbocycles. The normalized spacial score (nSPS) is 16.3. The third-order valence-corrected chi connectivity index (χ3v) is 4.83. The monoisotopic (exact) mass is 316 g/mol. The lowest BCUT2D eigenvalue weighted by Crippen LogP contribution is -2.31. The minimum Gasteiger partial charge on any atom is -0.326 e. The highest BCUT2D eigenvalue weighted by molar-refractivity contribution is 5.92. The molecule has 0 atom stereocenters. The van der Waals surface area contributed by atoms with Crippen molar-refractivity contribution in [1.82, 2.24) is 5.32 Å². The van der Waals surface area contributed by atoms with E-state index in [0.717, 1.165) is 17.8 Å². The standard InChI is InChI=1S/C20H32N2O/c1-15(2)18-12-8-9-16(3)20(18)22-19(23)13-14-21-17-10-6-4-5-7-11-17/h8-9,12,15,17,21H,4-7,10-11,13-14H2,1-3H3,(H,22,23). The van der Waals surface area contributed by atoms with Crippen LogP contribution >= 0.6 is 0 Å². The average molecular weight is 316 g/mol. The van der Waals surface area contributed by atoms with Crippen molar-refractivity contribution >= 4 is 11.6 Å². The SMILES string of the molecule is Cc1cccc(C(C)C)c1NC(=O)CCNC1CCCCCC1. The van der Waals surface area contributed by atoms with Crippen molar-refractivity contribution in [2.24, 2.45) is 0 Å². The number of para-hydroxylation sites is 1. The summed E-state index contributed by atoms with van der Waals surface area (Å²) in [6.45, 7) is 7.17. The van der Waals surface area contributed by atoms with Crippen molar-refractivity contribution in [3.05, 3.63) is 29.3 Å². The van der Waals surface area contributed by atoms with Gasteiger partial charge in [0.2, 0.25) is 5.91 Å². The van der Waals surface area contributed by atoms with Crippen LogP contribution < -0.4 is 10.6 Å². The van der Waals surface area contributed by atoms with Crippen LogP contribution in [0.1, 0.15) is 75.8 Å². The third kappa shape index (κ3) is 5.65. The molecular formula is C20H32N2O. The summed E-state index contributed by atoms with van der Waals surface area (Å²) in [5.74, 6) is 0.525. The van der Waals surface area contributed by atoms with E-state index in [9.17, 15) is 4.79 Å². The molecule has 1 aliphatic carbocycles. The molecule has 128 valence electrons. The summed E-state index contributed by atoms with van der Waals surface area (Å²) < 4.78 is 0. The van der Waals surface area contributed by atoms with Gasteiger partial charge in [-0.15, -0.1) is 0 Å². The number of amides is 1. The van der Waals surface area contributed by atoms with Crippen LogP contribution in [0, 0.1) is 6.92 Å². The number of aryl methyl sites for hydroxylation is 1. The predicted octanol–water partition coefficient (Wildman–Crippen LogP) is 4.76. The van der Waals surface area contributed by atoms with Crippen molar-refractivity contribution in [1.29, 1.82) is 0 Å². The van der Waals surface area contributed by atoms with Gasteiger partial charge in [0.05, 0.1) is 0 Å². The molecule has 0 heterocycles. The Kier molecular flexibility index (Phi) is 7.10. The van der Waals surface area contributed by atoms with Crippen molar-refractivity contribution in [2.75, 3.05) is 11.9 Å². The van der Waals surface area contributed by atoms with Crippen molar-refractivity contribution in [3.63, 3.8) is 0 Å². The maximum atomic E-state index is 12.3. The number of benzene rings is 1. The highest BCUT2D eigenvalue weighted by atomic mass is 16.1. The fourth-order valence-corrected chi connectivity index (χ4v) is 3.42. The van der Waals surface area contributed by atoms with Crippen LogP contribution in [-0.4, -0.2) is 18.5 Å². The molecule has 1 fully saturated rings. The van der Waals surface area contributed by atoms with Crippen LogP contribution in [0.15, 0.2) is 18.2 Å². The summed E-state index contributed by atoms with van der Waals surface area (Å²) in [5, 5.41) is 6.70. The van der Waals surface area contributed by atoms with Gasteiger partial charge in [0, 0.05) is 24.7 Å². The van der Waals surface area contributed by atoms with Gasteiger partial charge in [0.15, 0.2) is 0 Å². The maximum Gasteiger partial charge on any atom is 0.225 e. The molecular weight excluding hydrogens is 284 g/mol. The fraction of sp³-hybridized carbons (Fsp3) is 0.650. The van der Waals surface area contributed by atoms with E-state index >= 15 is 0 Å². The Hall–Kier alpha value is -1.35. The highest BCUT2D eigenvalue weighted by Crippen LogP contribution is 2.27. The number of anilines is 1. The van der Waals surface area contributed by atoms with Crippen LogP contribution in [0.3, 0.4) is 0 Å². The molecule has 3 nitrogen and oxygen atoms in total. The lowest BCUT2D eigenvalue weighted by Gasteiger charge is -2.18. The summed E-state index contributed by atoms with van der Waals surface area (Å²) in [5.41, 5.74) is 3.36. The molecule has 0 unspecified atom stereocenters. The molecule has 2 rings (SSSR count). The number of rotatable bonds is 6. The number of hydrogen-bond donors (Lipinski definition) is 2. The zero-order valence-electron chi connectivity index (χ0n) is 15.0. The largest absolute Gasteiger partial charge is 0.326 e. The Balaban J connectivity index is 1.83. The number of carbonyl (C=O) groups is 1. The van der Waals surface area contributed by atoms with E-state index < -0.39 is 0 Å². The first-order valence-corrected chi connectivity index (χ1v) is 9.20. The molecule has 0 aliphatic heterocycles. The van der Waals surface area contributed by atoms with Gasteiger partial charge in [-0.2, -0.15) is 0 Å². The first-order valence-electron chi connectivity index (χ1n) is 9.20. The summed E-state index contributed by atoms with van der Waals surface area (Å²) in [6, 6.07) is 6.84. The second kappa shape index (κ2) is 9.07. The molecule has 0 saturated heterocycles. The minimum atomic E-state index is 0.113. The van der Waals surface area contributed by atoms with Crippen LogP contribution in [0.2, 0.25) is 0 Å². The van der Waals surface area contributed by atoms with E-state index in [0.29, 0.717) is 18.4 Å². The van der Waals surface area contributed by atoms with Gasteiger partial charge in [0.25, 0.3) is 0 Å². The van der Waals surface area contributed by atoms with Gasteiger partial charge in [-0.1, -0.05) is 57.7 Å². The molecule has 1 saturated carbocycles. The second-order valence-corrected chi connectivity index (χ2v) is 7.13. The fourth-order valence-electron chi connectivity index (χ4n) is 3.42. The van der Waals surface area contributed by atoms with Crippen LogP contribution in [-0.2, 0) is 4.79 Å². The van der Waals surface area contributed by atoms with Gasteiger partial charge < -0.3 is 10.6 Å². The molecule has 23 heavy (non-hydrogen) atoms. The van der Waals surface area contributed by atoms with Gasteiger partial charge in [-0.05, 0) is 36.8 Å². The van der Waals surface area contributed by atoms with Crippen molar-refractivity contribution < 1.29 is 4.79 Å². The topological polar surface area (TPSA) is 41.1 Å². The summed E-state index contributed by atoms with van der Waals surface area (Å²) >= 11 is 0. The minimum absolute atomic E-state index is 0.113. The van der Waals surface area contributed by atoms with Crippen molar-refractivity contribution in [2.45, 2.75) is 77.7 Å². The van der Waals surface area contributed by atoms with Crippen molar-refractivity contribution in [3.8, 4) is 0 Å². The highest BCUT2D eigenvalue weighted by Gasteiger charge is 2.14. The number of hydrogen-bond acceptors (Lipinski definition) is 2. The Labute approximate surface area is 141 Å². The summed E-state index contributed by atoms with van der Waals surface area (Å²) in [7, 11) is 0. The van der Waals surface area contributed by atoms with E-state index in [4.69, 9.17) is 0 Å². The van der Waals surface area contributed by atoms with E-state index in [1.807, 2.05) is 0 Å². The molecule has 0 radical (unpaired) electrons. The molecule has 3 heteroatoms. The zero-order chi connectivity index (χ0) is 16.7. The summed E-state index contributed by atoms with van der Waals surface area (Å²) in [4.78, 5) is 12.3. The molecule has 1 aromatic rings. The zero-order valence-corrected chi connectivity index (χ0v) is 15.0. The smallest absolute Gasteiger partial charge is 0.225 e. The van der Waals surface area contributed by atoms with E-state index in [2.05, 4.69) is 49.6 Å². The van der Waals surface area contributed by atoms with E-state index in [1.54, 1.807) is 0 Å². The molecule has 1 amide bonds. The molecule has 1 aliphatic rings.